The number of rotatable bonds is 7. The normalized spacial score (nSPS) is 10.0. The van der Waals surface area contributed by atoms with E-state index in [-0.39, 0.29) is 24.0 Å². The highest BCUT2D eigenvalue weighted by atomic mass is 16.6. The molecule has 0 atom stereocenters. The molecule has 1 aromatic rings. The Hall–Kier alpha value is -2.15. The third-order valence-corrected chi connectivity index (χ3v) is 2.36. The number of nitrogens with one attached hydrogen (secondary N) is 1. The lowest BCUT2D eigenvalue weighted by Gasteiger charge is -2.08. The third kappa shape index (κ3) is 4.22. The molecule has 1 amide bonds. The van der Waals surface area contributed by atoms with Crippen molar-refractivity contribution in [2.75, 3.05) is 19.7 Å². The Morgan fingerprint density at radius 3 is 2.84 bits per heavy atom. The number of nitro benzene ring substituents is 1. The molecule has 0 aromatic heterocycles. The van der Waals surface area contributed by atoms with Crippen LogP contribution >= 0.6 is 0 Å². The molecule has 0 unspecified atom stereocenters. The van der Waals surface area contributed by atoms with Crippen molar-refractivity contribution >= 4 is 11.6 Å². The van der Waals surface area contributed by atoms with E-state index >= 15 is 0 Å². The van der Waals surface area contributed by atoms with Gasteiger partial charge >= 0.3 is 5.69 Å². The maximum Gasteiger partial charge on any atom is 0.310 e. The molecule has 1 rings (SSSR count). The predicted molar refractivity (Wildman–Crippen MR) is 70.3 cm³/mol. The summed E-state index contributed by atoms with van der Waals surface area (Å²) in [4.78, 5) is 22.0. The molecule has 104 valence electrons. The maximum atomic E-state index is 11.7. The zero-order valence-corrected chi connectivity index (χ0v) is 10.7. The van der Waals surface area contributed by atoms with Gasteiger partial charge < -0.3 is 15.8 Å². The van der Waals surface area contributed by atoms with Crippen LogP contribution in [-0.4, -0.2) is 30.5 Å². The monoisotopic (exact) mass is 267 g/mol. The number of nitrogens with two attached hydrogens (primary N) is 1. The van der Waals surface area contributed by atoms with Gasteiger partial charge in [-0.25, -0.2) is 0 Å². The van der Waals surface area contributed by atoms with Crippen LogP contribution in [0.5, 0.6) is 5.75 Å². The van der Waals surface area contributed by atoms with E-state index in [0.29, 0.717) is 25.1 Å². The van der Waals surface area contributed by atoms with Crippen molar-refractivity contribution in [3.8, 4) is 5.75 Å². The fraction of sp³-hybridized carbons (Fsp3) is 0.417. The molecule has 0 aliphatic carbocycles. The summed E-state index contributed by atoms with van der Waals surface area (Å²) in [5, 5.41) is 13.5. The standard InChI is InChI=1S/C12H17N3O4/c1-2-14-12(16)9-4-5-10(15(17)18)11(8-9)19-7-3-6-13/h4-5,8H,2-3,6-7,13H2,1H3,(H,14,16). The first kappa shape index (κ1) is 14.9. The van der Waals surface area contributed by atoms with Crippen molar-refractivity contribution < 1.29 is 14.5 Å². The van der Waals surface area contributed by atoms with Crippen LogP contribution in [0.25, 0.3) is 0 Å². The predicted octanol–water partition coefficient (Wildman–Crippen LogP) is 1.07. The summed E-state index contributed by atoms with van der Waals surface area (Å²) in [6, 6.07) is 4.04. The van der Waals surface area contributed by atoms with Crippen LogP contribution in [0.15, 0.2) is 18.2 Å². The Kier molecular flexibility index (Phi) is 5.74. The van der Waals surface area contributed by atoms with Crippen LogP contribution in [-0.2, 0) is 0 Å². The summed E-state index contributed by atoms with van der Waals surface area (Å²) in [6.07, 6.45) is 0.586. The summed E-state index contributed by atoms with van der Waals surface area (Å²) in [5.41, 5.74) is 5.50. The molecular formula is C12H17N3O4. The number of benzene rings is 1. The number of ether oxygens (including phenoxy) is 1. The molecule has 0 radical (unpaired) electrons. The number of carbonyl (C=O) groups is 1. The van der Waals surface area contributed by atoms with E-state index in [2.05, 4.69) is 5.32 Å². The van der Waals surface area contributed by atoms with E-state index in [0.717, 1.165) is 0 Å². The number of carbonyl (C=O) groups excluding carboxylic acids is 1. The van der Waals surface area contributed by atoms with Gasteiger partial charge in [-0.15, -0.1) is 0 Å². The zero-order valence-electron chi connectivity index (χ0n) is 10.7. The van der Waals surface area contributed by atoms with Crippen molar-refractivity contribution in [1.82, 2.24) is 5.32 Å². The molecular weight excluding hydrogens is 250 g/mol. The molecule has 0 heterocycles. The molecule has 0 saturated heterocycles. The lowest BCUT2D eigenvalue weighted by Crippen LogP contribution is -2.22. The van der Waals surface area contributed by atoms with Crippen molar-refractivity contribution in [2.45, 2.75) is 13.3 Å². The van der Waals surface area contributed by atoms with Crippen LogP contribution in [0.3, 0.4) is 0 Å². The average Bonchev–Trinajstić information content (AvgIpc) is 2.39. The highest BCUT2D eigenvalue weighted by Crippen LogP contribution is 2.28. The Labute approximate surface area is 110 Å². The Morgan fingerprint density at radius 1 is 1.53 bits per heavy atom. The van der Waals surface area contributed by atoms with Crippen molar-refractivity contribution in [2.24, 2.45) is 5.73 Å². The molecule has 0 saturated carbocycles. The number of hydrogen-bond donors (Lipinski definition) is 2. The van der Waals surface area contributed by atoms with Crippen LogP contribution in [0.2, 0.25) is 0 Å². The van der Waals surface area contributed by atoms with Crippen molar-refractivity contribution in [1.29, 1.82) is 0 Å². The molecule has 0 spiro atoms. The lowest BCUT2D eigenvalue weighted by molar-refractivity contribution is -0.385. The highest BCUT2D eigenvalue weighted by molar-refractivity contribution is 5.95. The van der Waals surface area contributed by atoms with E-state index in [4.69, 9.17) is 10.5 Å². The van der Waals surface area contributed by atoms with Gasteiger partial charge in [-0.1, -0.05) is 0 Å². The van der Waals surface area contributed by atoms with Gasteiger partial charge in [0.25, 0.3) is 5.91 Å². The second-order valence-electron chi connectivity index (χ2n) is 3.79. The third-order valence-electron chi connectivity index (χ3n) is 2.36. The molecule has 0 bridgehead atoms. The topological polar surface area (TPSA) is 107 Å². The second kappa shape index (κ2) is 7.32. The quantitative estimate of drug-likeness (QED) is 0.436. The summed E-state index contributed by atoms with van der Waals surface area (Å²) < 4.78 is 5.31. The van der Waals surface area contributed by atoms with Crippen LogP contribution < -0.4 is 15.8 Å². The second-order valence-corrected chi connectivity index (χ2v) is 3.79. The minimum atomic E-state index is -0.542. The largest absolute Gasteiger partial charge is 0.487 e. The molecule has 3 N–H and O–H groups in total. The fourth-order valence-electron chi connectivity index (χ4n) is 1.45. The van der Waals surface area contributed by atoms with Gasteiger partial charge in [-0.3, -0.25) is 14.9 Å². The van der Waals surface area contributed by atoms with Gasteiger partial charge in [-0.2, -0.15) is 0 Å². The van der Waals surface area contributed by atoms with E-state index < -0.39 is 4.92 Å². The molecule has 7 heteroatoms. The van der Waals surface area contributed by atoms with Crippen LogP contribution in [0, 0.1) is 10.1 Å². The Morgan fingerprint density at radius 2 is 2.26 bits per heavy atom. The SMILES string of the molecule is CCNC(=O)c1ccc([N+](=O)[O-])c(OCCCN)c1. The van der Waals surface area contributed by atoms with Crippen molar-refractivity contribution in [3.63, 3.8) is 0 Å². The minimum absolute atomic E-state index is 0.0854. The summed E-state index contributed by atoms with van der Waals surface area (Å²) >= 11 is 0. The first-order valence-corrected chi connectivity index (χ1v) is 5.99. The molecule has 7 nitrogen and oxygen atoms in total. The molecule has 1 aromatic carbocycles. The van der Waals surface area contributed by atoms with E-state index in [9.17, 15) is 14.9 Å². The van der Waals surface area contributed by atoms with E-state index in [1.54, 1.807) is 6.92 Å². The highest BCUT2D eigenvalue weighted by Gasteiger charge is 2.17. The molecule has 19 heavy (non-hydrogen) atoms. The zero-order chi connectivity index (χ0) is 14.3. The summed E-state index contributed by atoms with van der Waals surface area (Å²) in [5.74, 6) is -0.205. The van der Waals surface area contributed by atoms with Crippen molar-refractivity contribution in [3.05, 3.63) is 33.9 Å². The van der Waals surface area contributed by atoms with Gasteiger partial charge in [0.15, 0.2) is 5.75 Å². The number of nitro groups is 1. The lowest BCUT2D eigenvalue weighted by atomic mass is 10.1. The van der Waals surface area contributed by atoms with Gasteiger partial charge in [0.05, 0.1) is 11.5 Å². The maximum absolute atomic E-state index is 11.7. The van der Waals surface area contributed by atoms with Gasteiger partial charge in [-0.05, 0) is 26.0 Å². The average molecular weight is 267 g/mol. The molecule has 0 aliphatic heterocycles. The number of hydrogen-bond acceptors (Lipinski definition) is 5. The Bertz CT molecular complexity index is 462. The minimum Gasteiger partial charge on any atom is -0.487 e. The Balaban J connectivity index is 2.96. The first-order valence-electron chi connectivity index (χ1n) is 5.99. The number of nitrogens with zero attached hydrogens (tertiary/aromatic N) is 1. The van der Waals surface area contributed by atoms with Crippen LogP contribution in [0.1, 0.15) is 23.7 Å². The molecule has 0 aliphatic rings. The van der Waals surface area contributed by atoms with Crippen LogP contribution in [0.4, 0.5) is 5.69 Å². The van der Waals surface area contributed by atoms with E-state index in [1.165, 1.54) is 18.2 Å². The summed E-state index contributed by atoms with van der Waals surface area (Å²) in [7, 11) is 0. The summed E-state index contributed by atoms with van der Waals surface area (Å²) in [6.45, 7) is 2.99. The fourth-order valence-corrected chi connectivity index (χ4v) is 1.45. The molecule has 0 fully saturated rings. The van der Waals surface area contributed by atoms with Gasteiger partial charge in [0.2, 0.25) is 0 Å². The first-order chi connectivity index (χ1) is 9.10. The smallest absolute Gasteiger partial charge is 0.310 e. The van der Waals surface area contributed by atoms with Gasteiger partial charge in [0.1, 0.15) is 0 Å². The van der Waals surface area contributed by atoms with E-state index in [1.807, 2.05) is 0 Å². The van der Waals surface area contributed by atoms with Gasteiger partial charge in [0, 0.05) is 24.2 Å². The number of amides is 1.